The van der Waals surface area contributed by atoms with Crippen molar-refractivity contribution in [3.05, 3.63) is 35.4 Å². The molecule has 2 aromatic rings. The molecule has 0 saturated carbocycles. The third kappa shape index (κ3) is 1.39. The SMILES string of the molecule is c1cc2c3c(ccc2c2c1CNCO2)CNCO3. The van der Waals surface area contributed by atoms with Crippen LogP contribution in [0.3, 0.4) is 0 Å². The molecule has 4 heteroatoms. The van der Waals surface area contributed by atoms with Crippen LogP contribution >= 0.6 is 0 Å². The monoisotopic (exact) mass is 242 g/mol. The van der Waals surface area contributed by atoms with Crippen LogP contribution < -0.4 is 20.1 Å². The third-order valence-electron chi connectivity index (χ3n) is 3.53. The summed E-state index contributed by atoms with van der Waals surface area (Å²) in [6.07, 6.45) is 0. The molecule has 0 saturated heterocycles. The minimum Gasteiger partial charge on any atom is -0.477 e. The van der Waals surface area contributed by atoms with Gasteiger partial charge in [0, 0.05) is 35.0 Å². The molecule has 4 rings (SSSR count). The first-order chi connectivity index (χ1) is 8.93. The summed E-state index contributed by atoms with van der Waals surface area (Å²) in [6.45, 7) is 2.88. The Labute approximate surface area is 105 Å². The molecule has 0 atom stereocenters. The zero-order valence-electron chi connectivity index (χ0n) is 9.95. The highest BCUT2D eigenvalue weighted by atomic mass is 16.5. The van der Waals surface area contributed by atoms with Crippen LogP contribution in [0.2, 0.25) is 0 Å². The van der Waals surface area contributed by atoms with E-state index in [2.05, 4.69) is 34.9 Å². The van der Waals surface area contributed by atoms with Gasteiger partial charge in [-0.1, -0.05) is 24.3 Å². The van der Waals surface area contributed by atoms with Crippen LogP contribution in [0.15, 0.2) is 24.3 Å². The van der Waals surface area contributed by atoms with Gasteiger partial charge < -0.3 is 9.47 Å². The van der Waals surface area contributed by atoms with Gasteiger partial charge in [-0.15, -0.1) is 0 Å². The predicted octanol–water partition coefficient (Wildman–Crippen LogP) is 1.72. The summed E-state index contributed by atoms with van der Waals surface area (Å²) < 4.78 is 11.5. The largest absolute Gasteiger partial charge is 0.477 e. The van der Waals surface area contributed by atoms with Gasteiger partial charge in [-0.2, -0.15) is 0 Å². The normalized spacial score (nSPS) is 17.6. The number of nitrogens with one attached hydrogen (secondary N) is 2. The molecule has 0 aliphatic carbocycles. The molecule has 0 unspecified atom stereocenters. The molecule has 2 aliphatic heterocycles. The van der Waals surface area contributed by atoms with Gasteiger partial charge in [0.05, 0.1) is 0 Å². The number of ether oxygens (including phenoxy) is 2. The molecule has 18 heavy (non-hydrogen) atoms. The molecule has 2 N–H and O–H groups in total. The standard InChI is InChI=1S/C14H14N2O2/c1-3-11-12(13-9(1)5-15-7-17-13)4-2-10-6-16-8-18-14(10)11/h1-4,15-16H,5-8H2. The van der Waals surface area contributed by atoms with E-state index in [4.69, 9.17) is 9.47 Å². The first kappa shape index (κ1) is 10.2. The molecule has 0 fully saturated rings. The fourth-order valence-corrected chi connectivity index (χ4v) is 2.68. The quantitative estimate of drug-likeness (QED) is 0.738. The minimum absolute atomic E-state index is 0.575. The maximum atomic E-state index is 5.75. The van der Waals surface area contributed by atoms with Crippen molar-refractivity contribution in [3.8, 4) is 11.5 Å². The van der Waals surface area contributed by atoms with Crippen LogP contribution in [0.5, 0.6) is 11.5 Å². The summed E-state index contributed by atoms with van der Waals surface area (Å²) in [5, 5.41) is 8.70. The van der Waals surface area contributed by atoms with Crippen LogP contribution in [0.4, 0.5) is 0 Å². The summed E-state index contributed by atoms with van der Waals surface area (Å²) in [4.78, 5) is 0. The molecule has 4 nitrogen and oxygen atoms in total. The zero-order valence-corrected chi connectivity index (χ0v) is 9.95. The Bertz CT molecular complexity index is 569. The second-order valence-corrected chi connectivity index (χ2v) is 4.63. The van der Waals surface area contributed by atoms with Gasteiger partial charge in [0.2, 0.25) is 0 Å². The second-order valence-electron chi connectivity index (χ2n) is 4.63. The van der Waals surface area contributed by atoms with Crippen molar-refractivity contribution in [2.75, 3.05) is 13.5 Å². The van der Waals surface area contributed by atoms with E-state index in [1.807, 2.05) is 0 Å². The Kier molecular flexibility index (Phi) is 2.18. The van der Waals surface area contributed by atoms with E-state index in [0.29, 0.717) is 13.5 Å². The Morgan fingerprint density at radius 2 is 1.22 bits per heavy atom. The Morgan fingerprint density at radius 1 is 0.722 bits per heavy atom. The molecule has 2 heterocycles. The van der Waals surface area contributed by atoms with Crippen molar-refractivity contribution in [1.82, 2.24) is 10.6 Å². The van der Waals surface area contributed by atoms with Crippen LogP contribution in [0.25, 0.3) is 10.8 Å². The Morgan fingerprint density at radius 3 is 1.72 bits per heavy atom. The molecule has 0 bridgehead atoms. The summed E-state index contributed by atoms with van der Waals surface area (Å²) >= 11 is 0. The van der Waals surface area contributed by atoms with Crippen LogP contribution in [-0.2, 0) is 13.1 Å². The molecular formula is C14H14N2O2. The molecule has 2 aromatic carbocycles. The van der Waals surface area contributed by atoms with E-state index in [0.717, 1.165) is 35.4 Å². The maximum Gasteiger partial charge on any atom is 0.139 e. The lowest BCUT2D eigenvalue weighted by Crippen LogP contribution is -2.26. The van der Waals surface area contributed by atoms with Gasteiger partial charge in [-0.25, -0.2) is 0 Å². The van der Waals surface area contributed by atoms with E-state index >= 15 is 0 Å². The summed E-state index contributed by atoms with van der Waals surface area (Å²) in [5.74, 6) is 1.99. The predicted molar refractivity (Wildman–Crippen MR) is 68.6 cm³/mol. The first-order valence-electron chi connectivity index (χ1n) is 6.18. The van der Waals surface area contributed by atoms with Crippen LogP contribution in [-0.4, -0.2) is 13.5 Å². The minimum atomic E-state index is 0.575. The number of benzene rings is 2. The van der Waals surface area contributed by atoms with Gasteiger partial charge in [0.1, 0.15) is 25.0 Å². The van der Waals surface area contributed by atoms with E-state index in [9.17, 15) is 0 Å². The lowest BCUT2D eigenvalue weighted by atomic mass is 10.0. The van der Waals surface area contributed by atoms with E-state index in [1.54, 1.807) is 0 Å². The highest BCUT2D eigenvalue weighted by Crippen LogP contribution is 2.38. The maximum absolute atomic E-state index is 5.75. The fraction of sp³-hybridized carbons (Fsp3) is 0.286. The molecule has 92 valence electrons. The number of hydrogen-bond acceptors (Lipinski definition) is 4. The summed E-state index contributed by atoms with van der Waals surface area (Å²) in [5.41, 5.74) is 2.42. The van der Waals surface area contributed by atoms with Gasteiger partial charge >= 0.3 is 0 Å². The number of hydrogen-bond donors (Lipinski definition) is 2. The molecule has 0 spiro atoms. The van der Waals surface area contributed by atoms with E-state index < -0.39 is 0 Å². The van der Waals surface area contributed by atoms with E-state index in [1.165, 1.54) is 11.1 Å². The lowest BCUT2D eigenvalue weighted by molar-refractivity contribution is 0.257. The Balaban J connectivity index is 2.01. The third-order valence-corrected chi connectivity index (χ3v) is 3.53. The topological polar surface area (TPSA) is 42.5 Å². The molecule has 0 aromatic heterocycles. The van der Waals surface area contributed by atoms with Gasteiger partial charge in [0.25, 0.3) is 0 Å². The smallest absolute Gasteiger partial charge is 0.139 e. The zero-order chi connectivity index (χ0) is 11.9. The van der Waals surface area contributed by atoms with Crippen molar-refractivity contribution < 1.29 is 9.47 Å². The fourth-order valence-electron chi connectivity index (χ4n) is 2.68. The first-order valence-corrected chi connectivity index (χ1v) is 6.18. The van der Waals surface area contributed by atoms with Crippen molar-refractivity contribution in [1.29, 1.82) is 0 Å². The number of rotatable bonds is 0. The lowest BCUT2D eigenvalue weighted by Gasteiger charge is -2.24. The average Bonchev–Trinajstić information content (AvgIpc) is 2.46. The number of fused-ring (bicyclic) bond motifs is 5. The van der Waals surface area contributed by atoms with E-state index in [-0.39, 0.29) is 0 Å². The van der Waals surface area contributed by atoms with Gasteiger partial charge in [0.15, 0.2) is 0 Å². The summed E-state index contributed by atoms with van der Waals surface area (Å²) in [7, 11) is 0. The summed E-state index contributed by atoms with van der Waals surface area (Å²) in [6, 6.07) is 8.51. The van der Waals surface area contributed by atoms with Gasteiger partial charge in [-0.05, 0) is 0 Å². The highest BCUT2D eigenvalue weighted by Gasteiger charge is 2.18. The van der Waals surface area contributed by atoms with Crippen molar-refractivity contribution in [3.63, 3.8) is 0 Å². The Hall–Kier alpha value is -1.78. The second kappa shape index (κ2) is 3.86. The van der Waals surface area contributed by atoms with Gasteiger partial charge in [-0.3, -0.25) is 10.6 Å². The molecule has 2 aliphatic rings. The average molecular weight is 242 g/mol. The molecule has 0 radical (unpaired) electrons. The van der Waals surface area contributed by atoms with Crippen molar-refractivity contribution in [2.24, 2.45) is 0 Å². The highest BCUT2D eigenvalue weighted by molar-refractivity contribution is 5.95. The van der Waals surface area contributed by atoms with Crippen LogP contribution in [0, 0.1) is 0 Å². The molecule has 0 amide bonds. The van der Waals surface area contributed by atoms with Crippen LogP contribution in [0.1, 0.15) is 11.1 Å². The van der Waals surface area contributed by atoms with Crippen molar-refractivity contribution in [2.45, 2.75) is 13.1 Å². The van der Waals surface area contributed by atoms with Crippen molar-refractivity contribution >= 4 is 10.8 Å². The molecular weight excluding hydrogens is 228 g/mol.